The monoisotopic (exact) mass is 295 g/mol. The number of benzene rings is 1. The maximum Gasteiger partial charge on any atom is 0.435 e. The summed E-state index contributed by atoms with van der Waals surface area (Å²) >= 11 is 0. The van der Waals surface area contributed by atoms with Crippen molar-refractivity contribution >= 4 is 5.69 Å². The summed E-state index contributed by atoms with van der Waals surface area (Å²) in [6.07, 6.45) is -9.92. The molecule has 0 radical (unpaired) electrons. The molecule has 20 heavy (non-hydrogen) atoms. The van der Waals surface area contributed by atoms with Crippen LogP contribution in [-0.2, 0) is 12.4 Å². The first-order valence-electron chi connectivity index (χ1n) is 5.19. The molecule has 1 aromatic carbocycles. The van der Waals surface area contributed by atoms with Crippen LogP contribution >= 0.6 is 0 Å². The zero-order valence-electron chi connectivity index (χ0n) is 9.63. The predicted octanol–water partition coefficient (Wildman–Crippen LogP) is 3.49. The lowest BCUT2D eigenvalue weighted by Gasteiger charge is -2.10. The molecule has 0 unspecified atom stereocenters. The largest absolute Gasteiger partial charge is 0.435 e. The number of nitrogens with two attached hydrogens (primary N) is 1. The van der Waals surface area contributed by atoms with Gasteiger partial charge in [-0.25, -0.2) is 4.68 Å². The van der Waals surface area contributed by atoms with Gasteiger partial charge in [0.1, 0.15) is 5.69 Å². The zero-order valence-corrected chi connectivity index (χ0v) is 9.63. The second-order valence-corrected chi connectivity index (χ2v) is 3.91. The number of hydrogen-bond acceptors (Lipinski definition) is 2. The molecule has 1 heterocycles. The second-order valence-electron chi connectivity index (χ2n) is 3.91. The molecule has 0 amide bonds. The fourth-order valence-electron chi connectivity index (χ4n) is 1.53. The molecule has 108 valence electrons. The molecule has 0 saturated carbocycles. The van der Waals surface area contributed by atoms with Crippen LogP contribution in [0.5, 0.6) is 0 Å². The zero-order chi connectivity index (χ0) is 15.1. The van der Waals surface area contributed by atoms with Gasteiger partial charge in [0.2, 0.25) is 0 Å². The highest BCUT2D eigenvalue weighted by molar-refractivity contribution is 5.45. The topological polar surface area (TPSA) is 43.8 Å². The third kappa shape index (κ3) is 2.70. The highest BCUT2D eigenvalue weighted by Crippen LogP contribution is 2.36. The van der Waals surface area contributed by atoms with Gasteiger partial charge in [0.25, 0.3) is 0 Å². The Labute approximate surface area is 108 Å². The van der Waals surface area contributed by atoms with Crippen LogP contribution in [0.25, 0.3) is 5.69 Å². The maximum atomic E-state index is 12.8. The molecule has 1 aromatic heterocycles. The number of aromatic nitrogens is 2. The summed E-state index contributed by atoms with van der Waals surface area (Å²) < 4.78 is 75.9. The number of anilines is 1. The Morgan fingerprint density at radius 1 is 0.900 bits per heavy atom. The van der Waals surface area contributed by atoms with Crippen molar-refractivity contribution in [3.8, 4) is 5.69 Å². The lowest BCUT2D eigenvalue weighted by molar-refractivity contribution is -0.143. The van der Waals surface area contributed by atoms with E-state index in [4.69, 9.17) is 5.73 Å². The Balaban J connectivity index is 2.62. The Bertz CT molecular complexity index is 609. The van der Waals surface area contributed by atoms with E-state index in [1.54, 1.807) is 0 Å². The number of halogens is 6. The van der Waals surface area contributed by atoms with E-state index in [1.165, 1.54) is 12.1 Å². The Kier molecular flexibility index (Phi) is 3.15. The fourth-order valence-corrected chi connectivity index (χ4v) is 1.53. The first-order chi connectivity index (χ1) is 9.09. The molecule has 0 fully saturated rings. The van der Waals surface area contributed by atoms with E-state index in [-0.39, 0.29) is 22.1 Å². The number of rotatable bonds is 1. The molecule has 0 aliphatic heterocycles. The predicted molar refractivity (Wildman–Crippen MR) is 58.0 cm³/mol. The van der Waals surface area contributed by atoms with Crippen LogP contribution in [0, 0.1) is 0 Å². The minimum absolute atomic E-state index is 0.0314. The molecule has 2 aromatic rings. The smallest absolute Gasteiger partial charge is 0.399 e. The standard InChI is InChI=1S/C11H7F6N3/c12-10(13,14)8-5-9(11(15,16)17)20(19-8)7-3-1-6(18)2-4-7/h1-5H,18H2. The van der Waals surface area contributed by atoms with Crippen LogP contribution < -0.4 is 5.73 Å². The summed E-state index contributed by atoms with van der Waals surface area (Å²) in [6, 6.07) is 4.81. The fraction of sp³-hybridized carbons (Fsp3) is 0.182. The van der Waals surface area contributed by atoms with Crippen LogP contribution in [-0.4, -0.2) is 9.78 Å². The molecule has 0 spiro atoms. The summed E-state index contributed by atoms with van der Waals surface area (Å²) in [6.45, 7) is 0. The van der Waals surface area contributed by atoms with Crippen molar-refractivity contribution in [2.24, 2.45) is 0 Å². The van der Waals surface area contributed by atoms with Crippen LogP contribution in [0.3, 0.4) is 0 Å². The van der Waals surface area contributed by atoms with Gasteiger partial charge in [-0.05, 0) is 24.3 Å². The number of nitrogen functional groups attached to an aromatic ring is 1. The highest BCUT2D eigenvalue weighted by Gasteiger charge is 2.42. The summed E-state index contributed by atoms with van der Waals surface area (Å²) in [5.41, 5.74) is 2.36. The molecule has 0 bridgehead atoms. The van der Waals surface area contributed by atoms with Crippen molar-refractivity contribution < 1.29 is 26.3 Å². The number of hydrogen-bond donors (Lipinski definition) is 1. The number of alkyl halides is 6. The minimum atomic E-state index is -4.96. The van der Waals surface area contributed by atoms with Crippen LogP contribution in [0.4, 0.5) is 32.0 Å². The highest BCUT2D eigenvalue weighted by atomic mass is 19.4. The first kappa shape index (κ1) is 14.2. The van der Waals surface area contributed by atoms with Gasteiger partial charge in [0.05, 0.1) is 5.69 Å². The minimum Gasteiger partial charge on any atom is -0.399 e. The quantitative estimate of drug-likeness (QED) is 0.646. The van der Waals surface area contributed by atoms with Gasteiger partial charge in [-0.2, -0.15) is 31.4 Å². The first-order valence-corrected chi connectivity index (χ1v) is 5.19. The average molecular weight is 295 g/mol. The molecule has 0 atom stereocenters. The average Bonchev–Trinajstić information content (AvgIpc) is 2.74. The molecule has 0 aliphatic rings. The molecule has 2 N–H and O–H groups in total. The summed E-state index contributed by atoms with van der Waals surface area (Å²) in [5.74, 6) is 0. The van der Waals surface area contributed by atoms with Gasteiger partial charge in [-0.1, -0.05) is 0 Å². The van der Waals surface area contributed by atoms with Gasteiger partial charge < -0.3 is 5.73 Å². The van der Waals surface area contributed by atoms with Gasteiger partial charge in [-0.15, -0.1) is 0 Å². The van der Waals surface area contributed by atoms with Crippen LogP contribution in [0.15, 0.2) is 30.3 Å². The van der Waals surface area contributed by atoms with Gasteiger partial charge in [0.15, 0.2) is 5.69 Å². The van der Waals surface area contributed by atoms with Crippen molar-refractivity contribution in [1.29, 1.82) is 0 Å². The lowest BCUT2D eigenvalue weighted by Crippen LogP contribution is -2.13. The normalized spacial score (nSPS) is 12.7. The van der Waals surface area contributed by atoms with Crippen molar-refractivity contribution in [3.63, 3.8) is 0 Å². The number of nitrogens with zero attached hydrogens (tertiary/aromatic N) is 2. The molecule has 2 rings (SSSR count). The van der Waals surface area contributed by atoms with Gasteiger partial charge in [-0.3, -0.25) is 0 Å². The van der Waals surface area contributed by atoms with Crippen LogP contribution in [0.1, 0.15) is 11.4 Å². The Hall–Kier alpha value is -2.19. The van der Waals surface area contributed by atoms with E-state index in [2.05, 4.69) is 5.10 Å². The van der Waals surface area contributed by atoms with Crippen molar-refractivity contribution in [1.82, 2.24) is 9.78 Å². The van der Waals surface area contributed by atoms with E-state index in [0.29, 0.717) is 0 Å². The Morgan fingerprint density at radius 3 is 1.90 bits per heavy atom. The third-order valence-electron chi connectivity index (χ3n) is 2.43. The van der Waals surface area contributed by atoms with Gasteiger partial charge in [0, 0.05) is 11.8 Å². The molecular formula is C11H7F6N3. The molecule has 0 saturated heterocycles. The molecule has 0 aliphatic carbocycles. The maximum absolute atomic E-state index is 12.8. The second kappa shape index (κ2) is 4.43. The molecular weight excluding hydrogens is 288 g/mol. The van der Waals surface area contributed by atoms with Crippen molar-refractivity contribution in [2.45, 2.75) is 12.4 Å². The van der Waals surface area contributed by atoms with E-state index in [9.17, 15) is 26.3 Å². The summed E-state index contributed by atoms with van der Waals surface area (Å²) in [4.78, 5) is 0. The third-order valence-corrected chi connectivity index (χ3v) is 2.43. The summed E-state index contributed by atoms with van der Waals surface area (Å²) in [5, 5.41) is 2.98. The SMILES string of the molecule is Nc1ccc(-n2nc(C(F)(F)F)cc2C(F)(F)F)cc1. The Morgan fingerprint density at radius 2 is 1.45 bits per heavy atom. The van der Waals surface area contributed by atoms with Crippen LogP contribution in [0.2, 0.25) is 0 Å². The molecule has 3 nitrogen and oxygen atoms in total. The van der Waals surface area contributed by atoms with E-state index >= 15 is 0 Å². The van der Waals surface area contributed by atoms with Crippen molar-refractivity contribution in [2.75, 3.05) is 5.73 Å². The summed E-state index contributed by atoms with van der Waals surface area (Å²) in [7, 11) is 0. The van der Waals surface area contributed by atoms with E-state index in [0.717, 1.165) is 12.1 Å². The van der Waals surface area contributed by atoms with E-state index < -0.39 is 23.7 Å². The lowest BCUT2D eigenvalue weighted by atomic mass is 10.2. The molecule has 9 heteroatoms. The van der Waals surface area contributed by atoms with E-state index in [1.807, 2.05) is 0 Å². The van der Waals surface area contributed by atoms with Gasteiger partial charge >= 0.3 is 12.4 Å². The van der Waals surface area contributed by atoms with Crippen molar-refractivity contribution in [3.05, 3.63) is 41.7 Å².